The van der Waals surface area contributed by atoms with Crippen molar-refractivity contribution in [2.45, 2.75) is 25.0 Å². The Hall–Kier alpha value is -0.120. The third-order valence-electron chi connectivity index (χ3n) is 2.73. The van der Waals surface area contributed by atoms with E-state index in [1.54, 1.807) is 0 Å². The van der Waals surface area contributed by atoms with Gasteiger partial charge in [0.15, 0.2) is 0 Å². The molecule has 2 fully saturated rings. The Morgan fingerprint density at radius 3 is 3.17 bits per heavy atom. The molecule has 3 heteroatoms. The number of ether oxygens (including phenoxy) is 1. The SMILES string of the molecule is CNCC1CN1CC1CCCO1. The van der Waals surface area contributed by atoms with E-state index in [-0.39, 0.29) is 0 Å². The molecule has 70 valence electrons. The molecule has 3 nitrogen and oxygen atoms in total. The summed E-state index contributed by atoms with van der Waals surface area (Å²) in [5.74, 6) is 0. The third-order valence-corrected chi connectivity index (χ3v) is 2.73. The summed E-state index contributed by atoms with van der Waals surface area (Å²) in [7, 11) is 2.02. The average Bonchev–Trinajstić information content (AvgIpc) is 2.62. The van der Waals surface area contributed by atoms with Gasteiger partial charge in [-0.05, 0) is 19.9 Å². The standard InChI is InChI=1S/C9H18N2O/c1-10-5-8-6-11(8)7-9-3-2-4-12-9/h8-10H,2-7H2,1H3. The number of nitrogens with one attached hydrogen (secondary N) is 1. The number of hydrogen-bond acceptors (Lipinski definition) is 3. The Bertz CT molecular complexity index is 145. The van der Waals surface area contributed by atoms with Crippen LogP contribution in [-0.4, -0.2) is 50.3 Å². The zero-order valence-electron chi connectivity index (χ0n) is 7.75. The maximum absolute atomic E-state index is 5.57. The minimum Gasteiger partial charge on any atom is -0.377 e. The van der Waals surface area contributed by atoms with Crippen molar-refractivity contribution in [3.05, 3.63) is 0 Å². The molecular formula is C9H18N2O. The van der Waals surface area contributed by atoms with E-state index in [9.17, 15) is 0 Å². The molecule has 3 atom stereocenters. The number of hydrogen-bond donors (Lipinski definition) is 1. The molecule has 0 spiro atoms. The Kier molecular flexibility index (Phi) is 2.63. The van der Waals surface area contributed by atoms with Gasteiger partial charge in [-0.25, -0.2) is 0 Å². The van der Waals surface area contributed by atoms with E-state index in [1.165, 1.54) is 19.4 Å². The summed E-state index contributed by atoms with van der Waals surface area (Å²) in [6.45, 7) is 4.54. The lowest BCUT2D eigenvalue weighted by Crippen LogP contribution is -2.23. The van der Waals surface area contributed by atoms with Crippen LogP contribution in [0.4, 0.5) is 0 Å². The van der Waals surface area contributed by atoms with E-state index in [0.717, 1.165) is 25.7 Å². The molecule has 0 bridgehead atoms. The summed E-state index contributed by atoms with van der Waals surface area (Å²) < 4.78 is 5.57. The zero-order chi connectivity index (χ0) is 8.39. The van der Waals surface area contributed by atoms with Crippen molar-refractivity contribution in [1.29, 1.82) is 0 Å². The largest absolute Gasteiger partial charge is 0.377 e. The topological polar surface area (TPSA) is 24.3 Å². The Labute approximate surface area is 74.1 Å². The number of likely N-dealkylation sites (N-methyl/N-ethyl adjacent to an activating group) is 1. The Morgan fingerprint density at radius 1 is 1.58 bits per heavy atom. The van der Waals surface area contributed by atoms with Crippen molar-refractivity contribution in [3.8, 4) is 0 Å². The summed E-state index contributed by atoms with van der Waals surface area (Å²) in [4.78, 5) is 2.49. The molecule has 0 aliphatic carbocycles. The fourth-order valence-corrected chi connectivity index (χ4v) is 1.93. The van der Waals surface area contributed by atoms with E-state index in [1.807, 2.05) is 7.05 Å². The summed E-state index contributed by atoms with van der Waals surface area (Å²) in [5, 5.41) is 3.20. The van der Waals surface area contributed by atoms with Crippen molar-refractivity contribution in [2.75, 3.05) is 33.3 Å². The van der Waals surface area contributed by atoms with Crippen LogP contribution in [0.1, 0.15) is 12.8 Å². The van der Waals surface area contributed by atoms with Crippen LogP contribution in [0.2, 0.25) is 0 Å². The van der Waals surface area contributed by atoms with Crippen molar-refractivity contribution >= 4 is 0 Å². The number of rotatable bonds is 4. The van der Waals surface area contributed by atoms with Crippen LogP contribution < -0.4 is 5.32 Å². The normalized spacial score (nSPS) is 40.2. The summed E-state index contributed by atoms with van der Waals surface area (Å²) >= 11 is 0. The quantitative estimate of drug-likeness (QED) is 0.604. The molecule has 12 heavy (non-hydrogen) atoms. The first kappa shape index (κ1) is 8.48. The Morgan fingerprint density at radius 2 is 2.50 bits per heavy atom. The predicted molar refractivity (Wildman–Crippen MR) is 48.3 cm³/mol. The van der Waals surface area contributed by atoms with Gasteiger partial charge in [-0.3, -0.25) is 4.90 Å². The molecule has 0 amide bonds. The molecule has 0 radical (unpaired) electrons. The summed E-state index contributed by atoms with van der Waals surface area (Å²) in [5.41, 5.74) is 0. The molecule has 2 aliphatic rings. The lowest BCUT2D eigenvalue weighted by molar-refractivity contribution is 0.0965. The van der Waals surface area contributed by atoms with E-state index in [2.05, 4.69) is 10.2 Å². The fraction of sp³-hybridized carbons (Fsp3) is 1.00. The van der Waals surface area contributed by atoms with E-state index < -0.39 is 0 Å². The van der Waals surface area contributed by atoms with Gasteiger partial charge in [-0.2, -0.15) is 0 Å². The van der Waals surface area contributed by atoms with Crippen LogP contribution in [0, 0.1) is 0 Å². The van der Waals surface area contributed by atoms with Gasteiger partial charge in [0.25, 0.3) is 0 Å². The first-order valence-electron chi connectivity index (χ1n) is 4.90. The lowest BCUT2D eigenvalue weighted by Gasteiger charge is -2.10. The minimum absolute atomic E-state index is 0.534. The van der Waals surface area contributed by atoms with Crippen molar-refractivity contribution in [3.63, 3.8) is 0 Å². The van der Waals surface area contributed by atoms with Crippen LogP contribution >= 0.6 is 0 Å². The van der Waals surface area contributed by atoms with Gasteiger partial charge in [0.1, 0.15) is 0 Å². The van der Waals surface area contributed by atoms with Crippen LogP contribution in [0.25, 0.3) is 0 Å². The molecule has 0 aromatic heterocycles. The Balaban J connectivity index is 1.62. The predicted octanol–water partition coefficient (Wildman–Crippen LogP) is 0.0690. The van der Waals surface area contributed by atoms with Gasteiger partial charge in [-0.1, -0.05) is 0 Å². The van der Waals surface area contributed by atoms with Gasteiger partial charge in [0.05, 0.1) is 6.10 Å². The van der Waals surface area contributed by atoms with Crippen molar-refractivity contribution in [2.24, 2.45) is 0 Å². The molecule has 0 aromatic rings. The first-order valence-corrected chi connectivity index (χ1v) is 4.90. The second kappa shape index (κ2) is 3.73. The van der Waals surface area contributed by atoms with Gasteiger partial charge in [0.2, 0.25) is 0 Å². The van der Waals surface area contributed by atoms with Crippen molar-refractivity contribution in [1.82, 2.24) is 10.2 Å². The summed E-state index contributed by atoms with van der Waals surface area (Å²) in [6, 6.07) is 0.791. The first-order chi connectivity index (χ1) is 5.90. The second-order valence-corrected chi connectivity index (χ2v) is 3.80. The van der Waals surface area contributed by atoms with Gasteiger partial charge < -0.3 is 10.1 Å². The van der Waals surface area contributed by atoms with Crippen LogP contribution in [-0.2, 0) is 4.74 Å². The molecule has 3 unspecified atom stereocenters. The highest BCUT2D eigenvalue weighted by molar-refractivity contribution is 4.92. The van der Waals surface area contributed by atoms with Gasteiger partial charge in [-0.15, -0.1) is 0 Å². The van der Waals surface area contributed by atoms with E-state index >= 15 is 0 Å². The monoisotopic (exact) mass is 170 g/mol. The molecule has 2 rings (SSSR count). The zero-order valence-corrected chi connectivity index (χ0v) is 7.75. The number of nitrogens with zero attached hydrogens (tertiary/aromatic N) is 1. The fourth-order valence-electron chi connectivity index (χ4n) is 1.93. The molecule has 2 saturated heterocycles. The minimum atomic E-state index is 0.534. The van der Waals surface area contributed by atoms with Gasteiger partial charge >= 0.3 is 0 Å². The molecule has 0 aromatic carbocycles. The van der Waals surface area contributed by atoms with Crippen LogP contribution in [0.5, 0.6) is 0 Å². The maximum atomic E-state index is 5.57. The van der Waals surface area contributed by atoms with Crippen LogP contribution in [0.3, 0.4) is 0 Å². The van der Waals surface area contributed by atoms with Crippen molar-refractivity contribution < 1.29 is 4.74 Å². The molecule has 1 N–H and O–H groups in total. The molecule has 0 saturated carbocycles. The smallest absolute Gasteiger partial charge is 0.0702 e. The lowest BCUT2D eigenvalue weighted by atomic mass is 10.2. The maximum Gasteiger partial charge on any atom is 0.0702 e. The highest BCUT2D eigenvalue weighted by Gasteiger charge is 2.35. The molecule has 2 heterocycles. The third kappa shape index (κ3) is 1.97. The summed E-state index contributed by atoms with van der Waals surface area (Å²) in [6.07, 6.45) is 3.06. The highest BCUT2D eigenvalue weighted by atomic mass is 16.5. The van der Waals surface area contributed by atoms with Crippen LogP contribution in [0.15, 0.2) is 0 Å². The molecular weight excluding hydrogens is 152 g/mol. The van der Waals surface area contributed by atoms with E-state index in [0.29, 0.717) is 6.10 Å². The van der Waals surface area contributed by atoms with E-state index in [4.69, 9.17) is 4.74 Å². The average molecular weight is 170 g/mol. The molecule has 2 aliphatic heterocycles. The van der Waals surface area contributed by atoms with Gasteiger partial charge in [0, 0.05) is 32.3 Å². The second-order valence-electron chi connectivity index (χ2n) is 3.80. The highest BCUT2D eigenvalue weighted by Crippen LogP contribution is 2.21.